The molecule has 0 saturated heterocycles. The minimum Gasteiger partial charge on any atom is -0.295 e. The summed E-state index contributed by atoms with van der Waals surface area (Å²) in [6.45, 7) is 3.75. The number of nitrogens with zero attached hydrogens (tertiary/aromatic N) is 5. The summed E-state index contributed by atoms with van der Waals surface area (Å²) in [4.78, 5) is 6.99. The van der Waals surface area contributed by atoms with Gasteiger partial charge in [0, 0.05) is 34.5 Å². The van der Waals surface area contributed by atoms with E-state index in [2.05, 4.69) is 51.1 Å². The maximum atomic E-state index is 6.28. The lowest BCUT2D eigenvalue weighted by Gasteiger charge is -2.27. The average molecular weight is 414 g/mol. The lowest BCUT2D eigenvalue weighted by atomic mass is 9.82. The number of aromatic nitrogens is 4. The molecule has 1 fully saturated rings. The second-order valence-corrected chi connectivity index (χ2v) is 9.46. The number of benzene rings is 1. The summed E-state index contributed by atoms with van der Waals surface area (Å²) in [5, 5.41) is 13.5. The Hall–Kier alpha value is -1.76. The first-order chi connectivity index (χ1) is 13.6. The molecular weight excluding hydrogens is 390 g/mol. The van der Waals surface area contributed by atoms with E-state index < -0.39 is 0 Å². The summed E-state index contributed by atoms with van der Waals surface area (Å²) >= 11 is 8.09. The standard InChI is InChI=1S/C21H24ClN5S/c1-13-12-28-21(23-13)15-5-3-14(4-6-15)20-25-24-19-11-26(2)10-16-9-17(22)7-8-18(16)27(19)20/h7-9,12,14-15H,3-6,10-11H2,1-2H3/t14-,15-. The van der Waals surface area contributed by atoms with Crippen molar-refractivity contribution >= 4 is 22.9 Å². The maximum absolute atomic E-state index is 6.28. The van der Waals surface area contributed by atoms with Gasteiger partial charge in [0.05, 0.1) is 17.2 Å². The molecule has 1 aliphatic carbocycles. The van der Waals surface area contributed by atoms with Crippen LogP contribution >= 0.6 is 22.9 Å². The van der Waals surface area contributed by atoms with Gasteiger partial charge in [0.15, 0.2) is 5.82 Å². The fourth-order valence-corrected chi connectivity index (χ4v) is 5.77. The van der Waals surface area contributed by atoms with Crippen molar-refractivity contribution in [3.8, 4) is 5.69 Å². The largest absolute Gasteiger partial charge is 0.295 e. The highest BCUT2D eigenvalue weighted by Crippen LogP contribution is 2.42. The Balaban J connectivity index is 1.45. The van der Waals surface area contributed by atoms with Crippen LogP contribution < -0.4 is 0 Å². The van der Waals surface area contributed by atoms with Crippen molar-refractivity contribution in [2.75, 3.05) is 7.05 Å². The van der Waals surface area contributed by atoms with Gasteiger partial charge in [0.2, 0.25) is 0 Å². The molecule has 28 heavy (non-hydrogen) atoms. The first-order valence-electron chi connectivity index (χ1n) is 9.92. The van der Waals surface area contributed by atoms with Gasteiger partial charge in [-0.3, -0.25) is 9.47 Å². The summed E-state index contributed by atoms with van der Waals surface area (Å²) in [5.74, 6) is 3.18. The fraction of sp³-hybridized carbons (Fsp3) is 0.476. The van der Waals surface area contributed by atoms with E-state index in [-0.39, 0.29) is 0 Å². The minimum atomic E-state index is 0.450. The Kier molecular flexibility index (Phi) is 4.73. The molecule has 5 rings (SSSR count). The molecule has 1 aromatic carbocycles. The molecule has 1 saturated carbocycles. The number of fused-ring (bicyclic) bond motifs is 3. The number of aryl methyl sites for hydroxylation is 1. The highest BCUT2D eigenvalue weighted by Gasteiger charge is 2.31. The van der Waals surface area contributed by atoms with E-state index >= 15 is 0 Å². The molecule has 3 aromatic rings. The van der Waals surface area contributed by atoms with Gasteiger partial charge in [-0.05, 0) is 63.4 Å². The molecule has 0 spiro atoms. The zero-order valence-electron chi connectivity index (χ0n) is 16.2. The third kappa shape index (κ3) is 3.27. The number of hydrogen-bond acceptors (Lipinski definition) is 5. The molecule has 0 unspecified atom stereocenters. The van der Waals surface area contributed by atoms with Crippen LogP contribution in [-0.2, 0) is 13.1 Å². The molecule has 0 amide bonds. The van der Waals surface area contributed by atoms with Gasteiger partial charge in [0.1, 0.15) is 5.82 Å². The molecule has 2 aliphatic rings. The van der Waals surface area contributed by atoms with Crippen molar-refractivity contribution in [1.29, 1.82) is 0 Å². The molecule has 5 nitrogen and oxygen atoms in total. The van der Waals surface area contributed by atoms with E-state index in [1.807, 2.05) is 17.4 Å². The highest BCUT2D eigenvalue weighted by atomic mass is 35.5. The summed E-state index contributed by atoms with van der Waals surface area (Å²) in [6.07, 6.45) is 4.63. The zero-order chi connectivity index (χ0) is 19.3. The molecular formula is C21H24ClN5S. The van der Waals surface area contributed by atoms with Crippen molar-refractivity contribution in [2.24, 2.45) is 0 Å². The van der Waals surface area contributed by atoms with E-state index in [1.165, 1.54) is 29.1 Å². The first-order valence-corrected chi connectivity index (χ1v) is 11.2. The Bertz CT molecular complexity index is 1000. The van der Waals surface area contributed by atoms with Crippen LogP contribution in [0.2, 0.25) is 5.02 Å². The van der Waals surface area contributed by atoms with Crippen molar-refractivity contribution in [3.63, 3.8) is 0 Å². The number of rotatable bonds is 2. The highest BCUT2D eigenvalue weighted by molar-refractivity contribution is 7.09. The molecule has 2 aromatic heterocycles. The molecule has 0 N–H and O–H groups in total. The van der Waals surface area contributed by atoms with Gasteiger partial charge >= 0.3 is 0 Å². The van der Waals surface area contributed by atoms with E-state index in [0.717, 1.165) is 48.3 Å². The zero-order valence-corrected chi connectivity index (χ0v) is 17.8. The lowest BCUT2D eigenvalue weighted by Crippen LogP contribution is -2.17. The summed E-state index contributed by atoms with van der Waals surface area (Å²) < 4.78 is 2.30. The SMILES string of the molecule is Cc1csc([C@H]2CC[C@H](c3nnc4n3-c3ccc(Cl)cc3CN(C)C4)CC2)n1. The molecule has 0 radical (unpaired) electrons. The third-order valence-electron chi connectivity index (χ3n) is 5.97. The van der Waals surface area contributed by atoms with Crippen LogP contribution in [0.1, 0.15) is 65.4 Å². The van der Waals surface area contributed by atoms with E-state index in [9.17, 15) is 0 Å². The van der Waals surface area contributed by atoms with Gasteiger partial charge < -0.3 is 0 Å². The number of thiazole rings is 1. The second kappa shape index (κ2) is 7.25. The summed E-state index contributed by atoms with van der Waals surface area (Å²) in [6, 6.07) is 6.17. The molecule has 7 heteroatoms. The van der Waals surface area contributed by atoms with Crippen molar-refractivity contribution in [2.45, 2.75) is 57.5 Å². The minimum absolute atomic E-state index is 0.450. The van der Waals surface area contributed by atoms with Crippen LogP contribution in [0.5, 0.6) is 0 Å². The van der Waals surface area contributed by atoms with Crippen LogP contribution in [0.4, 0.5) is 0 Å². The third-order valence-corrected chi connectivity index (χ3v) is 7.33. The molecule has 1 aliphatic heterocycles. The normalized spacial score (nSPS) is 22.5. The molecule has 3 heterocycles. The monoisotopic (exact) mass is 413 g/mol. The van der Waals surface area contributed by atoms with Crippen LogP contribution in [-0.4, -0.2) is 31.7 Å². The Morgan fingerprint density at radius 1 is 1.07 bits per heavy atom. The van der Waals surface area contributed by atoms with Gasteiger partial charge in [-0.25, -0.2) is 4.98 Å². The van der Waals surface area contributed by atoms with Crippen molar-refractivity contribution in [1.82, 2.24) is 24.6 Å². The quantitative estimate of drug-likeness (QED) is 0.588. The first kappa shape index (κ1) is 18.3. The predicted octanol–water partition coefficient (Wildman–Crippen LogP) is 5.07. The van der Waals surface area contributed by atoms with E-state index in [1.54, 1.807) is 0 Å². The van der Waals surface area contributed by atoms with Crippen LogP contribution in [0.3, 0.4) is 0 Å². The Morgan fingerprint density at radius 3 is 2.61 bits per heavy atom. The topological polar surface area (TPSA) is 46.8 Å². The molecule has 0 atom stereocenters. The predicted molar refractivity (Wildman–Crippen MR) is 112 cm³/mol. The van der Waals surface area contributed by atoms with E-state index in [0.29, 0.717) is 11.8 Å². The molecule has 0 bridgehead atoms. The summed E-state index contributed by atoms with van der Waals surface area (Å²) in [5.41, 5.74) is 3.56. The lowest BCUT2D eigenvalue weighted by molar-refractivity contribution is 0.315. The van der Waals surface area contributed by atoms with Crippen molar-refractivity contribution in [3.05, 3.63) is 56.5 Å². The van der Waals surface area contributed by atoms with Gasteiger partial charge in [0.25, 0.3) is 0 Å². The van der Waals surface area contributed by atoms with Crippen molar-refractivity contribution < 1.29 is 0 Å². The average Bonchev–Trinajstić information content (AvgIpc) is 3.25. The van der Waals surface area contributed by atoms with Gasteiger partial charge in [-0.1, -0.05) is 11.6 Å². The van der Waals surface area contributed by atoms with Crippen LogP contribution in [0.25, 0.3) is 5.69 Å². The van der Waals surface area contributed by atoms with Gasteiger partial charge in [-0.15, -0.1) is 21.5 Å². The number of halogens is 1. The smallest absolute Gasteiger partial charge is 0.151 e. The molecule has 146 valence electrons. The Morgan fingerprint density at radius 2 is 1.86 bits per heavy atom. The fourth-order valence-electron chi connectivity index (χ4n) is 4.60. The summed E-state index contributed by atoms with van der Waals surface area (Å²) in [7, 11) is 2.12. The van der Waals surface area contributed by atoms with E-state index in [4.69, 9.17) is 16.6 Å². The second-order valence-electron chi connectivity index (χ2n) is 8.13. The number of hydrogen-bond donors (Lipinski definition) is 0. The Labute approximate surface area is 174 Å². The van der Waals surface area contributed by atoms with Crippen LogP contribution in [0.15, 0.2) is 23.6 Å². The maximum Gasteiger partial charge on any atom is 0.151 e. The van der Waals surface area contributed by atoms with Gasteiger partial charge in [-0.2, -0.15) is 0 Å². The van der Waals surface area contributed by atoms with Crippen LogP contribution in [0, 0.1) is 6.92 Å².